The molecule has 1 aromatic heterocycles. The molecule has 2 heteroatoms. The summed E-state index contributed by atoms with van der Waals surface area (Å²) in [6.45, 7) is 4.32. The second-order valence-electron chi connectivity index (χ2n) is 5.28. The van der Waals surface area contributed by atoms with Crippen LogP contribution in [0.2, 0.25) is 0 Å². The molecular weight excluding hydrogens is 224 g/mol. The fourth-order valence-corrected chi connectivity index (χ4v) is 3.32. The highest BCUT2D eigenvalue weighted by Crippen LogP contribution is 2.47. The number of aryl methyl sites for hydroxylation is 1. The zero-order valence-corrected chi connectivity index (χ0v) is 11.0. The predicted molar refractivity (Wildman–Crippen MR) is 72.7 cm³/mol. The van der Waals surface area contributed by atoms with Crippen LogP contribution in [0.3, 0.4) is 0 Å². The van der Waals surface area contributed by atoms with E-state index in [0.717, 1.165) is 30.6 Å². The first-order chi connectivity index (χ1) is 8.76. The highest BCUT2D eigenvalue weighted by molar-refractivity contribution is 5.82. The summed E-state index contributed by atoms with van der Waals surface area (Å²) in [5.74, 6) is 1.90. The number of para-hydroxylation sites is 1. The number of benzene rings is 1. The Morgan fingerprint density at radius 2 is 2.06 bits per heavy atom. The van der Waals surface area contributed by atoms with E-state index in [-0.39, 0.29) is 6.10 Å². The van der Waals surface area contributed by atoms with Crippen molar-refractivity contribution in [3.8, 4) is 0 Å². The van der Waals surface area contributed by atoms with Crippen molar-refractivity contribution in [2.75, 3.05) is 0 Å². The highest BCUT2D eigenvalue weighted by Gasteiger charge is 2.42. The molecule has 0 aliphatic heterocycles. The Labute approximate surface area is 108 Å². The summed E-state index contributed by atoms with van der Waals surface area (Å²) < 4.78 is 6.06. The van der Waals surface area contributed by atoms with E-state index in [1.165, 1.54) is 10.9 Å². The Bertz CT molecular complexity index is 555. The van der Waals surface area contributed by atoms with Crippen LogP contribution in [-0.4, -0.2) is 11.2 Å². The maximum absolute atomic E-state index is 9.84. The lowest BCUT2D eigenvalue weighted by Crippen LogP contribution is -2.39. The van der Waals surface area contributed by atoms with Crippen molar-refractivity contribution in [2.45, 2.75) is 45.1 Å². The van der Waals surface area contributed by atoms with Crippen molar-refractivity contribution in [2.24, 2.45) is 5.92 Å². The van der Waals surface area contributed by atoms with E-state index in [1.807, 2.05) is 12.1 Å². The van der Waals surface area contributed by atoms with Gasteiger partial charge in [0.25, 0.3) is 0 Å². The van der Waals surface area contributed by atoms with Crippen molar-refractivity contribution in [3.63, 3.8) is 0 Å². The molecule has 0 saturated heterocycles. The van der Waals surface area contributed by atoms with Gasteiger partial charge in [-0.25, -0.2) is 0 Å². The Hall–Kier alpha value is -1.28. The van der Waals surface area contributed by atoms with Gasteiger partial charge in [-0.2, -0.15) is 0 Å². The third kappa shape index (κ3) is 1.59. The summed E-state index contributed by atoms with van der Waals surface area (Å²) in [4.78, 5) is 0. The van der Waals surface area contributed by atoms with Gasteiger partial charge < -0.3 is 9.52 Å². The second kappa shape index (κ2) is 4.43. The van der Waals surface area contributed by atoms with Crippen molar-refractivity contribution in [1.29, 1.82) is 0 Å². The zero-order valence-electron chi connectivity index (χ0n) is 11.0. The molecule has 1 heterocycles. The van der Waals surface area contributed by atoms with Gasteiger partial charge in [0.2, 0.25) is 0 Å². The van der Waals surface area contributed by atoms with Gasteiger partial charge in [0.15, 0.2) is 0 Å². The molecule has 18 heavy (non-hydrogen) atoms. The van der Waals surface area contributed by atoms with Crippen LogP contribution in [0, 0.1) is 5.92 Å². The van der Waals surface area contributed by atoms with Gasteiger partial charge in [0.05, 0.1) is 6.10 Å². The van der Waals surface area contributed by atoms with Crippen LogP contribution in [0.25, 0.3) is 11.0 Å². The molecule has 1 N–H and O–H groups in total. The number of aliphatic hydroxyl groups excluding tert-OH is 1. The van der Waals surface area contributed by atoms with E-state index in [0.29, 0.717) is 11.8 Å². The summed E-state index contributed by atoms with van der Waals surface area (Å²) >= 11 is 0. The number of hydrogen-bond donors (Lipinski definition) is 1. The van der Waals surface area contributed by atoms with Crippen LogP contribution in [0.1, 0.15) is 43.9 Å². The van der Waals surface area contributed by atoms with Gasteiger partial charge in [-0.15, -0.1) is 0 Å². The molecule has 0 radical (unpaired) electrons. The topological polar surface area (TPSA) is 33.4 Å². The fourth-order valence-electron chi connectivity index (χ4n) is 3.32. The Kier molecular flexibility index (Phi) is 2.90. The Balaban J connectivity index is 2.06. The van der Waals surface area contributed by atoms with Gasteiger partial charge in [-0.3, -0.25) is 0 Å². The monoisotopic (exact) mass is 244 g/mol. The average Bonchev–Trinajstić information content (AvgIpc) is 2.74. The lowest BCUT2D eigenvalue weighted by molar-refractivity contribution is -0.00770. The van der Waals surface area contributed by atoms with Crippen LogP contribution in [0.4, 0.5) is 0 Å². The van der Waals surface area contributed by atoms with Crippen molar-refractivity contribution in [1.82, 2.24) is 0 Å². The van der Waals surface area contributed by atoms with E-state index in [4.69, 9.17) is 4.42 Å². The molecule has 1 aromatic carbocycles. The van der Waals surface area contributed by atoms with Gasteiger partial charge in [-0.1, -0.05) is 38.5 Å². The maximum atomic E-state index is 9.84. The van der Waals surface area contributed by atoms with Crippen molar-refractivity contribution in [3.05, 3.63) is 35.6 Å². The van der Waals surface area contributed by atoms with E-state index >= 15 is 0 Å². The summed E-state index contributed by atoms with van der Waals surface area (Å²) in [5, 5.41) is 11.1. The van der Waals surface area contributed by atoms with Gasteiger partial charge >= 0.3 is 0 Å². The predicted octanol–water partition coefficient (Wildman–Crippen LogP) is 3.87. The summed E-state index contributed by atoms with van der Waals surface area (Å²) in [7, 11) is 0. The van der Waals surface area contributed by atoms with E-state index in [1.54, 1.807) is 0 Å². The number of hydrogen-bond acceptors (Lipinski definition) is 2. The van der Waals surface area contributed by atoms with E-state index in [2.05, 4.69) is 26.0 Å². The molecule has 0 bridgehead atoms. The molecule has 0 spiro atoms. The molecule has 2 aromatic rings. The molecular formula is C16H20O2. The molecule has 1 aliphatic rings. The second-order valence-corrected chi connectivity index (χ2v) is 5.28. The minimum absolute atomic E-state index is 0.141. The van der Waals surface area contributed by atoms with Crippen LogP contribution in [0.5, 0.6) is 0 Å². The van der Waals surface area contributed by atoms with Crippen LogP contribution in [-0.2, 0) is 6.42 Å². The third-order valence-electron chi connectivity index (χ3n) is 4.40. The highest BCUT2D eigenvalue weighted by atomic mass is 16.3. The minimum Gasteiger partial charge on any atom is -0.460 e. The minimum atomic E-state index is -0.141. The SMILES string of the molecule is CCc1c(C2CC(O)C2CC)oc2ccccc12. The van der Waals surface area contributed by atoms with Crippen LogP contribution >= 0.6 is 0 Å². The van der Waals surface area contributed by atoms with E-state index in [9.17, 15) is 5.11 Å². The summed E-state index contributed by atoms with van der Waals surface area (Å²) in [5.41, 5.74) is 2.32. The Morgan fingerprint density at radius 3 is 2.72 bits per heavy atom. The number of fused-ring (bicyclic) bond motifs is 1. The molecule has 2 nitrogen and oxygen atoms in total. The van der Waals surface area contributed by atoms with Crippen molar-refractivity contribution >= 4 is 11.0 Å². The molecule has 3 rings (SSSR count). The van der Waals surface area contributed by atoms with Crippen LogP contribution < -0.4 is 0 Å². The number of aliphatic hydroxyl groups is 1. The van der Waals surface area contributed by atoms with Gasteiger partial charge in [0.1, 0.15) is 11.3 Å². The zero-order chi connectivity index (χ0) is 12.7. The molecule has 3 unspecified atom stereocenters. The maximum Gasteiger partial charge on any atom is 0.134 e. The first-order valence-electron chi connectivity index (χ1n) is 6.94. The molecule has 3 atom stereocenters. The normalized spacial score (nSPS) is 27.4. The molecule has 1 saturated carbocycles. The number of rotatable bonds is 3. The average molecular weight is 244 g/mol. The van der Waals surface area contributed by atoms with Gasteiger partial charge in [0, 0.05) is 16.9 Å². The molecule has 96 valence electrons. The standard InChI is InChI=1S/C16H20O2/c1-3-10-13(9-14(10)17)16-11(4-2)12-7-5-6-8-15(12)18-16/h5-8,10,13-14,17H,3-4,9H2,1-2H3. The molecule has 1 fully saturated rings. The largest absolute Gasteiger partial charge is 0.460 e. The fraction of sp³-hybridized carbons (Fsp3) is 0.500. The third-order valence-corrected chi connectivity index (χ3v) is 4.40. The van der Waals surface area contributed by atoms with Crippen molar-refractivity contribution < 1.29 is 9.52 Å². The lowest BCUT2D eigenvalue weighted by atomic mass is 9.67. The van der Waals surface area contributed by atoms with Gasteiger partial charge in [-0.05, 0) is 24.8 Å². The number of furan rings is 1. The molecule has 1 aliphatic carbocycles. The quantitative estimate of drug-likeness (QED) is 0.889. The summed E-state index contributed by atoms with van der Waals surface area (Å²) in [6.07, 6.45) is 2.73. The first kappa shape index (κ1) is 11.8. The lowest BCUT2D eigenvalue weighted by Gasteiger charge is -2.40. The van der Waals surface area contributed by atoms with E-state index < -0.39 is 0 Å². The smallest absolute Gasteiger partial charge is 0.134 e. The van der Waals surface area contributed by atoms with Crippen LogP contribution in [0.15, 0.2) is 28.7 Å². The summed E-state index contributed by atoms with van der Waals surface area (Å²) in [6, 6.07) is 8.25. The Morgan fingerprint density at radius 1 is 1.28 bits per heavy atom. The molecule has 0 amide bonds. The first-order valence-corrected chi connectivity index (χ1v) is 6.94.